The van der Waals surface area contributed by atoms with Crippen LogP contribution in [0.4, 0.5) is 4.79 Å². The lowest BCUT2D eigenvalue weighted by Gasteiger charge is -2.26. The topological polar surface area (TPSA) is 94.1 Å². The number of carbonyl (C=O) groups is 2. The summed E-state index contributed by atoms with van der Waals surface area (Å²) in [4.78, 5) is 25.3. The van der Waals surface area contributed by atoms with Crippen LogP contribution in [0.3, 0.4) is 0 Å². The minimum atomic E-state index is -0.632. The number of hydrogen-bond donors (Lipinski definition) is 2. The second-order valence-electron chi connectivity index (χ2n) is 10.2. The van der Waals surface area contributed by atoms with E-state index in [4.69, 9.17) is 14.2 Å². The first-order chi connectivity index (χ1) is 15.2. The first-order valence-corrected chi connectivity index (χ1v) is 11.4. The van der Waals surface area contributed by atoms with Gasteiger partial charge in [0.15, 0.2) is 0 Å². The van der Waals surface area contributed by atoms with Crippen LogP contribution in [0.25, 0.3) is 0 Å². The van der Waals surface area contributed by atoms with Crippen LogP contribution in [0.2, 0.25) is 0 Å². The van der Waals surface area contributed by atoms with Crippen molar-refractivity contribution in [1.82, 2.24) is 5.32 Å². The second kappa shape index (κ2) is 12.6. The number of aliphatic hydroxyl groups excluding tert-OH is 1. The van der Waals surface area contributed by atoms with E-state index in [1.54, 1.807) is 27.9 Å². The molecular weight excluding hydrogens is 422 g/mol. The first-order valence-electron chi connectivity index (χ1n) is 11.4. The Hall–Kier alpha value is -2.54. The zero-order chi connectivity index (χ0) is 25.2. The van der Waals surface area contributed by atoms with Crippen LogP contribution in [0, 0.1) is 5.92 Å². The highest BCUT2D eigenvalue weighted by molar-refractivity contribution is 5.75. The third-order valence-corrected chi connectivity index (χ3v) is 4.69. The van der Waals surface area contributed by atoms with E-state index in [0.717, 1.165) is 16.9 Å². The van der Waals surface area contributed by atoms with Crippen molar-refractivity contribution < 1.29 is 28.9 Å². The van der Waals surface area contributed by atoms with Crippen molar-refractivity contribution >= 4 is 12.1 Å². The average molecular weight is 464 g/mol. The normalized spacial score (nSPS) is 14.3. The van der Waals surface area contributed by atoms with Gasteiger partial charge in [-0.15, -0.1) is 0 Å². The summed E-state index contributed by atoms with van der Waals surface area (Å²) < 4.78 is 16.3. The molecule has 0 saturated carbocycles. The van der Waals surface area contributed by atoms with Crippen LogP contribution in [0.15, 0.2) is 35.9 Å². The van der Waals surface area contributed by atoms with Crippen molar-refractivity contribution in [3.05, 3.63) is 41.5 Å². The standard InChI is InChI=1S/C26H41NO6/c1-18(16-20(10-9-15-28)23(29)32-25(2,3)4)22(27-24(30)33-26(5,6)7)17-19-11-13-21(31-8)14-12-19/h11-14,16,20,22,28H,9-10,15,17H2,1-8H3,(H,27,30)/b18-16+/t20-,22-/m1/s1. The van der Waals surface area contributed by atoms with Gasteiger partial charge in [-0.05, 0) is 85.4 Å². The number of carbonyl (C=O) groups excluding carboxylic acids is 2. The maximum atomic E-state index is 12.8. The molecule has 7 heteroatoms. The molecule has 1 aromatic carbocycles. The molecule has 2 atom stereocenters. The van der Waals surface area contributed by atoms with E-state index in [0.29, 0.717) is 19.3 Å². The number of alkyl carbamates (subject to hydrolysis) is 1. The molecule has 186 valence electrons. The van der Waals surface area contributed by atoms with Gasteiger partial charge in [-0.25, -0.2) is 4.79 Å². The van der Waals surface area contributed by atoms with Crippen molar-refractivity contribution in [2.75, 3.05) is 13.7 Å². The fraction of sp³-hybridized carbons (Fsp3) is 0.615. The van der Waals surface area contributed by atoms with Crippen molar-refractivity contribution in [2.45, 2.75) is 85.0 Å². The summed E-state index contributed by atoms with van der Waals surface area (Å²) in [5.41, 5.74) is 0.555. The number of aliphatic hydroxyl groups is 1. The number of rotatable bonds is 10. The summed E-state index contributed by atoms with van der Waals surface area (Å²) in [6, 6.07) is 7.21. The van der Waals surface area contributed by atoms with Crippen LogP contribution in [0.5, 0.6) is 5.75 Å². The quantitative estimate of drug-likeness (QED) is 0.382. The molecular formula is C26H41NO6. The molecule has 0 aromatic heterocycles. The molecule has 0 radical (unpaired) electrons. The third-order valence-electron chi connectivity index (χ3n) is 4.69. The number of methoxy groups -OCH3 is 1. The highest BCUT2D eigenvalue weighted by Crippen LogP contribution is 2.21. The zero-order valence-corrected chi connectivity index (χ0v) is 21.4. The summed E-state index contributed by atoms with van der Waals surface area (Å²) in [6.07, 6.45) is 2.72. The molecule has 0 spiro atoms. The molecule has 0 unspecified atom stereocenters. The van der Waals surface area contributed by atoms with E-state index in [1.807, 2.05) is 58.0 Å². The Bertz CT molecular complexity index is 786. The van der Waals surface area contributed by atoms with Crippen molar-refractivity contribution in [3.63, 3.8) is 0 Å². The predicted octanol–water partition coefficient (Wildman–Crippen LogP) is 4.81. The molecule has 1 rings (SSSR count). The maximum Gasteiger partial charge on any atom is 0.408 e. The van der Waals surface area contributed by atoms with Gasteiger partial charge < -0.3 is 24.6 Å². The first kappa shape index (κ1) is 28.5. The van der Waals surface area contributed by atoms with E-state index in [9.17, 15) is 14.7 Å². The SMILES string of the molecule is COc1ccc(C[C@@H](NC(=O)OC(C)(C)C)/C(C)=C/[C@@H](CCCO)C(=O)OC(C)(C)C)cc1. The lowest BCUT2D eigenvalue weighted by Crippen LogP contribution is -2.41. The molecule has 0 aliphatic carbocycles. The largest absolute Gasteiger partial charge is 0.497 e. The van der Waals surface area contributed by atoms with Gasteiger partial charge in [-0.1, -0.05) is 23.8 Å². The van der Waals surface area contributed by atoms with Gasteiger partial charge in [0.05, 0.1) is 19.1 Å². The Balaban J connectivity index is 3.19. The van der Waals surface area contributed by atoms with Gasteiger partial charge in [0.2, 0.25) is 0 Å². The van der Waals surface area contributed by atoms with Crippen LogP contribution in [0.1, 0.15) is 66.9 Å². The van der Waals surface area contributed by atoms with Crippen LogP contribution < -0.4 is 10.1 Å². The van der Waals surface area contributed by atoms with E-state index < -0.39 is 29.3 Å². The van der Waals surface area contributed by atoms with Crippen LogP contribution in [-0.2, 0) is 20.7 Å². The van der Waals surface area contributed by atoms with E-state index in [1.165, 1.54) is 0 Å². The Morgan fingerprint density at radius 1 is 1.03 bits per heavy atom. The van der Waals surface area contributed by atoms with Crippen molar-refractivity contribution in [1.29, 1.82) is 0 Å². The molecule has 0 heterocycles. The monoisotopic (exact) mass is 463 g/mol. The van der Waals surface area contributed by atoms with E-state index in [2.05, 4.69) is 5.32 Å². The summed E-state index contributed by atoms with van der Waals surface area (Å²) in [6.45, 7) is 12.7. The van der Waals surface area contributed by atoms with Gasteiger partial charge in [-0.3, -0.25) is 4.79 Å². The smallest absolute Gasteiger partial charge is 0.408 e. The van der Waals surface area contributed by atoms with Gasteiger partial charge in [0, 0.05) is 6.61 Å². The Morgan fingerprint density at radius 2 is 1.61 bits per heavy atom. The number of benzene rings is 1. The molecule has 0 bridgehead atoms. The van der Waals surface area contributed by atoms with Crippen LogP contribution >= 0.6 is 0 Å². The van der Waals surface area contributed by atoms with E-state index in [-0.39, 0.29) is 12.6 Å². The molecule has 2 N–H and O–H groups in total. The van der Waals surface area contributed by atoms with Gasteiger partial charge in [0.1, 0.15) is 17.0 Å². The Morgan fingerprint density at radius 3 is 2.09 bits per heavy atom. The highest BCUT2D eigenvalue weighted by atomic mass is 16.6. The number of ether oxygens (including phenoxy) is 3. The summed E-state index contributed by atoms with van der Waals surface area (Å²) in [5, 5.41) is 12.2. The number of amides is 1. The molecule has 33 heavy (non-hydrogen) atoms. The number of esters is 1. The molecule has 0 saturated heterocycles. The van der Waals surface area contributed by atoms with Crippen LogP contribution in [-0.4, -0.2) is 48.1 Å². The van der Waals surface area contributed by atoms with Gasteiger partial charge in [-0.2, -0.15) is 0 Å². The number of hydrogen-bond acceptors (Lipinski definition) is 6. The fourth-order valence-corrected chi connectivity index (χ4v) is 3.16. The van der Waals surface area contributed by atoms with Gasteiger partial charge >= 0.3 is 12.1 Å². The molecule has 0 aliphatic rings. The lowest BCUT2D eigenvalue weighted by molar-refractivity contribution is -0.158. The molecule has 1 aromatic rings. The number of nitrogens with one attached hydrogen (secondary N) is 1. The van der Waals surface area contributed by atoms with Gasteiger partial charge in [0.25, 0.3) is 0 Å². The van der Waals surface area contributed by atoms with Crippen molar-refractivity contribution in [3.8, 4) is 5.75 Å². The summed E-state index contributed by atoms with van der Waals surface area (Å²) in [5.74, 6) is -0.136. The minimum Gasteiger partial charge on any atom is -0.497 e. The van der Waals surface area contributed by atoms with E-state index >= 15 is 0 Å². The Kier molecular flexibility index (Phi) is 10.9. The lowest BCUT2D eigenvalue weighted by atomic mass is 9.94. The highest BCUT2D eigenvalue weighted by Gasteiger charge is 2.26. The molecule has 1 amide bonds. The van der Waals surface area contributed by atoms with Crippen molar-refractivity contribution in [2.24, 2.45) is 5.92 Å². The molecule has 0 fully saturated rings. The Labute approximate surface area is 198 Å². The molecule has 0 aliphatic heterocycles. The maximum absolute atomic E-state index is 12.8. The average Bonchev–Trinajstić information content (AvgIpc) is 2.68. The fourth-order valence-electron chi connectivity index (χ4n) is 3.16. The second-order valence-corrected chi connectivity index (χ2v) is 10.2. The molecule has 7 nitrogen and oxygen atoms in total. The predicted molar refractivity (Wildman–Crippen MR) is 129 cm³/mol. The third kappa shape index (κ3) is 11.8. The summed E-state index contributed by atoms with van der Waals surface area (Å²) >= 11 is 0. The zero-order valence-electron chi connectivity index (χ0n) is 21.4. The summed E-state index contributed by atoms with van der Waals surface area (Å²) in [7, 11) is 1.61. The minimum absolute atomic E-state index is 0.0162.